The van der Waals surface area contributed by atoms with Gasteiger partial charge in [-0.25, -0.2) is 4.39 Å². The summed E-state index contributed by atoms with van der Waals surface area (Å²) >= 11 is 0. The van der Waals surface area contributed by atoms with E-state index >= 15 is 0 Å². The van der Waals surface area contributed by atoms with Gasteiger partial charge in [0.2, 0.25) is 0 Å². The molecule has 0 radical (unpaired) electrons. The first-order chi connectivity index (χ1) is 7.76. The smallest absolute Gasteiger partial charge is 0.146 e. The largest absolute Gasteiger partial charge is 0.379 e. The Morgan fingerprint density at radius 1 is 1.44 bits per heavy atom. The zero-order valence-corrected chi connectivity index (χ0v) is 9.21. The molecule has 0 spiro atoms. The Hall–Kier alpha value is -1.13. The number of nitrogens with two attached hydrogens (primary N) is 1. The molecule has 1 atom stereocenters. The molecule has 0 saturated carbocycles. The van der Waals surface area contributed by atoms with E-state index < -0.39 is 0 Å². The molecule has 1 heterocycles. The highest BCUT2D eigenvalue weighted by molar-refractivity contribution is 5.47. The minimum Gasteiger partial charge on any atom is -0.379 e. The van der Waals surface area contributed by atoms with Crippen molar-refractivity contribution in [2.24, 2.45) is 5.73 Å². The van der Waals surface area contributed by atoms with Crippen LogP contribution in [0, 0.1) is 5.82 Å². The van der Waals surface area contributed by atoms with Crippen molar-refractivity contribution in [2.75, 3.05) is 25.1 Å². The number of nitrogens with one attached hydrogen (secondary N) is 1. The van der Waals surface area contributed by atoms with Crippen LogP contribution in [-0.2, 0) is 4.74 Å². The van der Waals surface area contributed by atoms with Gasteiger partial charge in [-0.1, -0.05) is 12.1 Å². The van der Waals surface area contributed by atoms with Gasteiger partial charge in [0.25, 0.3) is 0 Å². The van der Waals surface area contributed by atoms with Crippen LogP contribution in [0.5, 0.6) is 0 Å². The first-order valence-electron chi connectivity index (χ1n) is 5.56. The molecule has 0 amide bonds. The van der Waals surface area contributed by atoms with Crippen LogP contribution in [0.2, 0.25) is 0 Å². The number of hydrogen-bond donors (Lipinski definition) is 2. The molecule has 16 heavy (non-hydrogen) atoms. The van der Waals surface area contributed by atoms with E-state index in [-0.39, 0.29) is 11.4 Å². The van der Waals surface area contributed by atoms with Crippen LogP contribution in [-0.4, -0.2) is 25.3 Å². The summed E-state index contributed by atoms with van der Waals surface area (Å²) in [6.45, 7) is 1.75. The molecule has 1 unspecified atom stereocenters. The Kier molecular flexibility index (Phi) is 3.41. The summed E-state index contributed by atoms with van der Waals surface area (Å²) in [6, 6.07) is 6.64. The highest BCUT2D eigenvalue weighted by Crippen LogP contribution is 2.25. The van der Waals surface area contributed by atoms with Crippen molar-refractivity contribution in [1.82, 2.24) is 0 Å². The molecule has 4 heteroatoms. The van der Waals surface area contributed by atoms with Gasteiger partial charge in [-0.2, -0.15) is 0 Å². The Bertz CT molecular complexity index is 351. The molecule has 1 fully saturated rings. The first kappa shape index (κ1) is 11.4. The number of rotatable bonds is 3. The molecular weight excluding hydrogens is 207 g/mol. The number of para-hydroxylation sites is 1. The van der Waals surface area contributed by atoms with Gasteiger partial charge in [0.1, 0.15) is 5.82 Å². The molecule has 0 bridgehead atoms. The maximum Gasteiger partial charge on any atom is 0.146 e. The third-order valence-corrected chi connectivity index (χ3v) is 2.99. The fraction of sp³-hybridized carbons (Fsp3) is 0.500. The van der Waals surface area contributed by atoms with Gasteiger partial charge >= 0.3 is 0 Å². The molecule has 1 aliphatic heterocycles. The van der Waals surface area contributed by atoms with E-state index in [1.165, 1.54) is 6.07 Å². The van der Waals surface area contributed by atoms with Crippen molar-refractivity contribution in [3.05, 3.63) is 30.1 Å². The van der Waals surface area contributed by atoms with Crippen molar-refractivity contribution in [3.63, 3.8) is 0 Å². The van der Waals surface area contributed by atoms with E-state index in [1.54, 1.807) is 18.2 Å². The molecule has 3 nitrogen and oxygen atoms in total. The fourth-order valence-electron chi connectivity index (χ4n) is 2.01. The first-order valence-corrected chi connectivity index (χ1v) is 5.56. The van der Waals surface area contributed by atoms with Gasteiger partial charge in [0, 0.05) is 13.2 Å². The van der Waals surface area contributed by atoms with Crippen molar-refractivity contribution >= 4 is 5.69 Å². The topological polar surface area (TPSA) is 47.3 Å². The summed E-state index contributed by atoms with van der Waals surface area (Å²) < 4.78 is 18.9. The van der Waals surface area contributed by atoms with Crippen LogP contribution in [0.1, 0.15) is 12.8 Å². The lowest BCUT2D eigenvalue weighted by atomic mass is 9.92. The molecule has 0 aromatic heterocycles. The number of halogens is 1. The molecule has 1 aromatic rings. The molecule has 0 aliphatic carbocycles. The summed E-state index contributed by atoms with van der Waals surface area (Å²) in [6.07, 6.45) is 1.87. The highest BCUT2D eigenvalue weighted by atomic mass is 19.1. The molecule has 1 aliphatic rings. The van der Waals surface area contributed by atoms with Crippen molar-refractivity contribution in [1.29, 1.82) is 0 Å². The third-order valence-electron chi connectivity index (χ3n) is 2.99. The summed E-state index contributed by atoms with van der Waals surface area (Å²) in [5.74, 6) is -0.249. The van der Waals surface area contributed by atoms with Gasteiger partial charge in [-0.05, 0) is 25.0 Å². The Labute approximate surface area is 94.8 Å². The van der Waals surface area contributed by atoms with E-state index in [1.807, 2.05) is 0 Å². The van der Waals surface area contributed by atoms with Crippen molar-refractivity contribution in [3.8, 4) is 0 Å². The zero-order valence-electron chi connectivity index (χ0n) is 9.21. The van der Waals surface area contributed by atoms with Crippen LogP contribution in [0.15, 0.2) is 24.3 Å². The summed E-state index contributed by atoms with van der Waals surface area (Å²) in [5, 5.41) is 3.19. The standard InChI is InChI=1S/C12H17FN2O/c13-10-4-1-2-5-11(10)15-12(8-14)6-3-7-16-9-12/h1-2,4-5,15H,3,6-9,14H2. The lowest BCUT2D eigenvalue weighted by molar-refractivity contribution is 0.0501. The van der Waals surface area contributed by atoms with E-state index in [0.29, 0.717) is 18.8 Å². The lowest BCUT2D eigenvalue weighted by Crippen LogP contribution is -2.52. The Morgan fingerprint density at radius 3 is 2.88 bits per heavy atom. The summed E-state index contributed by atoms with van der Waals surface area (Å²) in [5.41, 5.74) is 5.95. The third kappa shape index (κ3) is 2.33. The normalized spacial score (nSPS) is 25.4. The monoisotopic (exact) mass is 224 g/mol. The van der Waals surface area contributed by atoms with E-state index in [0.717, 1.165) is 19.4 Å². The van der Waals surface area contributed by atoms with Gasteiger partial charge in [-0.15, -0.1) is 0 Å². The second kappa shape index (κ2) is 4.80. The molecular formula is C12H17FN2O. The Balaban J connectivity index is 2.15. The quantitative estimate of drug-likeness (QED) is 0.822. The van der Waals surface area contributed by atoms with Crippen molar-refractivity contribution in [2.45, 2.75) is 18.4 Å². The number of anilines is 1. The molecule has 1 aromatic carbocycles. The lowest BCUT2D eigenvalue weighted by Gasteiger charge is -2.37. The maximum absolute atomic E-state index is 13.5. The van der Waals surface area contributed by atoms with Gasteiger partial charge in [0.15, 0.2) is 0 Å². The average Bonchev–Trinajstić information content (AvgIpc) is 2.33. The van der Waals surface area contributed by atoms with E-state index in [9.17, 15) is 4.39 Å². The second-order valence-corrected chi connectivity index (χ2v) is 4.25. The second-order valence-electron chi connectivity index (χ2n) is 4.25. The predicted octanol–water partition coefficient (Wildman–Crippen LogP) is 1.75. The average molecular weight is 224 g/mol. The van der Waals surface area contributed by atoms with E-state index in [4.69, 9.17) is 10.5 Å². The highest BCUT2D eigenvalue weighted by Gasteiger charge is 2.31. The Morgan fingerprint density at radius 2 is 2.25 bits per heavy atom. The fourth-order valence-corrected chi connectivity index (χ4v) is 2.01. The van der Waals surface area contributed by atoms with Crippen LogP contribution in [0.3, 0.4) is 0 Å². The van der Waals surface area contributed by atoms with Crippen LogP contribution in [0.25, 0.3) is 0 Å². The predicted molar refractivity (Wildman–Crippen MR) is 61.9 cm³/mol. The minimum absolute atomic E-state index is 0.249. The minimum atomic E-state index is -0.319. The van der Waals surface area contributed by atoms with Crippen LogP contribution < -0.4 is 11.1 Å². The molecule has 1 saturated heterocycles. The van der Waals surface area contributed by atoms with Crippen LogP contribution in [0.4, 0.5) is 10.1 Å². The number of ether oxygens (including phenoxy) is 1. The van der Waals surface area contributed by atoms with Gasteiger partial charge in [-0.3, -0.25) is 0 Å². The van der Waals surface area contributed by atoms with Crippen molar-refractivity contribution < 1.29 is 9.13 Å². The van der Waals surface area contributed by atoms with Gasteiger partial charge < -0.3 is 15.8 Å². The molecule has 2 rings (SSSR count). The van der Waals surface area contributed by atoms with Gasteiger partial charge in [0.05, 0.1) is 17.8 Å². The molecule has 88 valence electrons. The van der Waals surface area contributed by atoms with Crippen LogP contribution >= 0.6 is 0 Å². The zero-order chi connectivity index (χ0) is 11.4. The maximum atomic E-state index is 13.5. The number of benzene rings is 1. The SMILES string of the molecule is NCC1(Nc2ccccc2F)CCCOC1. The number of hydrogen-bond acceptors (Lipinski definition) is 3. The summed E-state index contributed by atoms with van der Waals surface area (Å²) in [4.78, 5) is 0. The summed E-state index contributed by atoms with van der Waals surface area (Å²) in [7, 11) is 0. The van der Waals surface area contributed by atoms with E-state index in [2.05, 4.69) is 5.32 Å². The molecule has 3 N–H and O–H groups in total.